The van der Waals surface area contributed by atoms with Crippen LogP contribution in [0, 0.1) is 0 Å². The molecule has 1 saturated carbocycles. The molecule has 2 spiro atoms. The number of carbonyl (C=O) groups is 1. The Morgan fingerprint density at radius 2 is 1.84 bits per heavy atom. The van der Waals surface area contributed by atoms with Gasteiger partial charge < -0.3 is 9.47 Å². The van der Waals surface area contributed by atoms with Crippen LogP contribution in [0.15, 0.2) is 24.3 Å². The fourth-order valence-electron chi connectivity index (χ4n) is 4.20. The van der Waals surface area contributed by atoms with E-state index < -0.39 is 5.79 Å². The predicted molar refractivity (Wildman–Crippen MR) is 70.2 cm³/mol. The Labute approximate surface area is 112 Å². The van der Waals surface area contributed by atoms with Crippen LogP contribution in [0.3, 0.4) is 0 Å². The molecule has 2 aliphatic carbocycles. The van der Waals surface area contributed by atoms with Gasteiger partial charge in [-0.3, -0.25) is 4.79 Å². The lowest BCUT2D eigenvalue weighted by molar-refractivity contribution is -0.190. The molecule has 3 heteroatoms. The first-order valence-electron chi connectivity index (χ1n) is 7.14. The lowest BCUT2D eigenvalue weighted by Crippen LogP contribution is -2.44. The average Bonchev–Trinajstić information content (AvgIpc) is 2.96. The molecule has 2 fully saturated rings. The third-order valence-corrected chi connectivity index (χ3v) is 4.93. The third kappa shape index (κ3) is 1.61. The molecular weight excluding hydrogens is 240 g/mol. The molecule has 1 aromatic rings. The van der Waals surface area contributed by atoms with Gasteiger partial charge in [-0.2, -0.15) is 0 Å². The zero-order chi connectivity index (χ0) is 12.9. The monoisotopic (exact) mass is 258 g/mol. The Balaban J connectivity index is 1.77. The maximum absolute atomic E-state index is 12.3. The fraction of sp³-hybridized carbons (Fsp3) is 0.562. The maximum atomic E-state index is 12.3. The van der Waals surface area contributed by atoms with Crippen molar-refractivity contribution < 1.29 is 14.3 Å². The SMILES string of the molecule is O=C1CC2(CCCC3(C2)OCCO3)c2ccccc21. The van der Waals surface area contributed by atoms with Crippen molar-refractivity contribution in [2.24, 2.45) is 0 Å². The molecule has 0 radical (unpaired) electrons. The summed E-state index contributed by atoms with van der Waals surface area (Å²) in [6.07, 6.45) is 4.57. The Hall–Kier alpha value is -1.19. The van der Waals surface area contributed by atoms with Crippen LogP contribution in [0.2, 0.25) is 0 Å². The minimum absolute atomic E-state index is 0.0454. The van der Waals surface area contributed by atoms with E-state index in [0.717, 1.165) is 31.2 Å². The second-order valence-electron chi connectivity index (χ2n) is 6.06. The minimum Gasteiger partial charge on any atom is -0.348 e. The molecule has 0 aromatic heterocycles. The first-order valence-corrected chi connectivity index (χ1v) is 7.14. The molecule has 1 aromatic carbocycles. The highest BCUT2D eigenvalue weighted by molar-refractivity contribution is 6.02. The van der Waals surface area contributed by atoms with Crippen molar-refractivity contribution in [3.63, 3.8) is 0 Å². The molecular formula is C16H18O3. The van der Waals surface area contributed by atoms with Gasteiger partial charge in [0.1, 0.15) is 0 Å². The normalized spacial score (nSPS) is 32.1. The van der Waals surface area contributed by atoms with Crippen LogP contribution in [0.4, 0.5) is 0 Å². The highest BCUT2D eigenvalue weighted by atomic mass is 16.7. The number of benzene rings is 1. The lowest BCUT2D eigenvalue weighted by atomic mass is 9.68. The Bertz CT molecular complexity index is 531. The van der Waals surface area contributed by atoms with Gasteiger partial charge in [-0.05, 0) is 18.4 Å². The molecule has 1 saturated heterocycles. The second kappa shape index (κ2) is 3.90. The Morgan fingerprint density at radius 1 is 1.05 bits per heavy atom. The van der Waals surface area contributed by atoms with Crippen LogP contribution in [-0.2, 0) is 14.9 Å². The Kier molecular flexibility index (Phi) is 2.39. The standard InChI is InChI=1S/C16H18O3/c17-14-10-15(13-5-2-1-4-12(13)14)6-3-7-16(11-15)18-8-9-19-16/h1-2,4-5H,3,6-11H2. The van der Waals surface area contributed by atoms with E-state index in [-0.39, 0.29) is 11.2 Å². The number of ketones is 1. The summed E-state index contributed by atoms with van der Waals surface area (Å²) in [6.45, 7) is 1.37. The summed E-state index contributed by atoms with van der Waals surface area (Å²) in [4.78, 5) is 12.3. The van der Waals surface area contributed by atoms with Crippen LogP contribution < -0.4 is 0 Å². The number of fused-ring (bicyclic) bond motifs is 2. The lowest BCUT2D eigenvalue weighted by Gasteiger charge is -2.43. The predicted octanol–water partition coefficient (Wildman–Crippen LogP) is 2.83. The molecule has 0 amide bonds. The smallest absolute Gasteiger partial charge is 0.169 e. The first-order chi connectivity index (χ1) is 9.23. The van der Waals surface area contributed by atoms with Crippen molar-refractivity contribution in [3.05, 3.63) is 35.4 Å². The molecule has 19 heavy (non-hydrogen) atoms. The number of Topliss-reactive ketones (excluding diaryl/α,β-unsaturated/α-hetero) is 1. The number of carbonyl (C=O) groups excluding carboxylic acids is 1. The molecule has 1 aliphatic heterocycles. The summed E-state index contributed by atoms with van der Waals surface area (Å²) in [6, 6.07) is 8.08. The van der Waals surface area contributed by atoms with E-state index in [2.05, 4.69) is 6.07 Å². The number of hydrogen-bond donors (Lipinski definition) is 0. The van der Waals surface area contributed by atoms with E-state index in [4.69, 9.17) is 9.47 Å². The van der Waals surface area contributed by atoms with Gasteiger partial charge in [-0.1, -0.05) is 24.3 Å². The average molecular weight is 258 g/mol. The van der Waals surface area contributed by atoms with Crippen molar-refractivity contribution in [2.45, 2.75) is 43.3 Å². The summed E-state index contributed by atoms with van der Waals surface area (Å²) >= 11 is 0. The number of rotatable bonds is 0. The molecule has 3 aliphatic rings. The van der Waals surface area contributed by atoms with Gasteiger partial charge in [0.2, 0.25) is 0 Å². The van der Waals surface area contributed by atoms with Crippen LogP contribution in [0.25, 0.3) is 0 Å². The van der Waals surface area contributed by atoms with E-state index in [1.54, 1.807) is 0 Å². The summed E-state index contributed by atoms with van der Waals surface area (Å²) in [5.41, 5.74) is 2.09. The minimum atomic E-state index is -0.421. The van der Waals surface area contributed by atoms with Crippen LogP contribution in [0.5, 0.6) is 0 Å². The summed E-state index contributed by atoms with van der Waals surface area (Å²) < 4.78 is 11.8. The highest BCUT2D eigenvalue weighted by Gasteiger charge is 2.53. The molecule has 0 bridgehead atoms. The molecule has 1 heterocycles. The van der Waals surface area contributed by atoms with Crippen LogP contribution >= 0.6 is 0 Å². The van der Waals surface area contributed by atoms with Crippen molar-refractivity contribution in [2.75, 3.05) is 13.2 Å². The zero-order valence-corrected chi connectivity index (χ0v) is 11.0. The van der Waals surface area contributed by atoms with Crippen molar-refractivity contribution in [1.82, 2.24) is 0 Å². The van der Waals surface area contributed by atoms with Gasteiger partial charge in [0, 0.05) is 30.2 Å². The molecule has 3 nitrogen and oxygen atoms in total. The summed E-state index contributed by atoms with van der Waals surface area (Å²) in [5.74, 6) is -0.138. The van der Waals surface area contributed by atoms with E-state index in [9.17, 15) is 4.79 Å². The number of hydrogen-bond acceptors (Lipinski definition) is 3. The molecule has 1 unspecified atom stereocenters. The molecule has 0 N–H and O–H groups in total. The van der Waals surface area contributed by atoms with Crippen molar-refractivity contribution >= 4 is 5.78 Å². The summed E-state index contributed by atoms with van der Waals surface area (Å²) in [5, 5.41) is 0. The second-order valence-corrected chi connectivity index (χ2v) is 6.06. The third-order valence-electron chi connectivity index (χ3n) is 4.93. The molecule has 1 atom stereocenters. The van der Waals surface area contributed by atoms with Gasteiger partial charge in [-0.25, -0.2) is 0 Å². The number of ether oxygens (including phenoxy) is 2. The fourth-order valence-corrected chi connectivity index (χ4v) is 4.20. The Morgan fingerprint density at radius 3 is 2.68 bits per heavy atom. The first kappa shape index (κ1) is 11.6. The van der Waals surface area contributed by atoms with Gasteiger partial charge in [-0.15, -0.1) is 0 Å². The van der Waals surface area contributed by atoms with Crippen molar-refractivity contribution in [1.29, 1.82) is 0 Å². The summed E-state index contributed by atoms with van der Waals surface area (Å²) in [7, 11) is 0. The van der Waals surface area contributed by atoms with Crippen molar-refractivity contribution in [3.8, 4) is 0 Å². The van der Waals surface area contributed by atoms with E-state index in [1.807, 2.05) is 18.2 Å². The van der Waals surface area contributed by atoms with Crippen LogP contribution in [-0.4, -0.2) is 24.8 Å². The zero-order valence-electron chi connectivity index (χ0n) is 11.0. The van der Waals surface area contributed by atoms with Crippen LogP contribution in [0.1, 0.15) is 48.0 Å². The van der Waals surface area contributed by atoms with Gasteiger partial charge >= 0.3 is 0 Å². The molecule has 4 rings (SSSR count). The molecule has 100 valence electrons. The largest absolute Gasteiger partial charge is 0.348 e. The topological polar surface area (TPSA) is 35.5 Å². The van der Waals surface area contributed by atoms with E-state index in [1.165, 1.54) is 5.56 Å². The maximum Gasteiger partial charge on any atom is 0.169 e. The van der Waals surface area contributed by atoms with Gasteiger partial charge in [0.05, 0.1) is 13.2 Å². The van der Waals surface area contributed by atoms with E-state index >= 15 is 0 Å². The van der Waals surface area contributed by atoms with E-state index in [0.29, 0.717) is 19.6 Å². The quantitative estimate of drug-likeness (QED) is 0.718. The van der Waals surface area contributed by atoms with Gasteiger partial charge in [0.15, 0.2) is 11.6 Å². The van der Waals surface area contributed by atoms with Gasteiger partial charge in [0.25, 0.3) is 0 Å². The highest BCUT2D eigenvalue weighted by Crippen LogP contribution is 2.53.